The largest absolute Gasteiger partial charge is 0.389 e. The van der Waals surface area contributed by atoms with Crippen LogP contribution in [0.25, 0.3) is 0 Å². The molecular formula is C12H19N5O2S. The van der Waals surface area contributed by atoms with Crippen molar-refractivity contribution < 1.29 is 10.2 Å². The molecule has 20 heavy (non-hydrogen) atoms. The number of aliphatic hydroxyl groups excluding tert-OH is 2. The Morgan fingerprint density at radius 2 is 2.20 bits per heavy atom. The number of aliphatic hydroxyl groups is 2. The van der Waals surface area contributed by atoms with Crippen LogP contribution in [0.2, 0.25) is 0 Å². The van der Waals surface area contributed by atoms with Crippen molar-refractivity contribution in [3.8, 4) is 0 Å². The van der Waals surface area contributed by atoms with E-state index in [1.165, 1.54) is 0 Å². The van der Waals surface area contributed by atoms with E-state index in [9.17, 15) is 10.2 Å². The number of nitrogens with zero attached hydrogens (tertiary/aromatic N) is 1. The van der Waals surface area contributed by atoms with Gasteiger partial charge in [0.15, 0.2) is 0 Å². The number of anilines is 1. The highest BCUT2D eigenvalue weighted by atomic mass is 32.2. The van der Waals surface area contributed by atoms with Crippen LogP contribution in [0.3, 0.4) is 0 Å². The van der Waals surface area contributed by atoms with Crippen molar-refractivity contribution >= 4 is 23.8 Å². The van der Waals surface area contributed by atoms with Gasteiger partial charge in [-0.1, -0.05) is 0 Å². The van der Waals surface area contributed by atoms with Gasteiger partial charge in [0.05, 0.1) is 29.9 Å². The number of rotatable bonds is 3. The van der Waals surface area contributed by atoms with Crippen LogP contribution < -0.4 is 16.4 Å². The molecule has 1 fully saturated rings. The minimum atomic E-state index is -0.844. The van der Waals surface area contributed by atoms with Crippen molar-refractivity contribution in [2.45, 2.75) is 30.5 Å². The summed E-state index contributed by atoms with van der Waals surface area (Å²) in [7, 11) is 0. The van der Waals surface area contributed by atoms with E-state index in [1.807, 2.05) is 6.26 Å². The Labute approximate surface area is 121 Å². The molecule has 0 aliphatic carbocycles. The van der Waals surface area contributed by atoms with E-state index in [1.54, 1.807) is 24.3 Å². The first-order valence-electron chi connectivity index (χ1n) is 6.49. The van der Waals surface area contributed by atoms with Gasteiger partial charge in [0.25, 0.3) is 0 Å². The minimum absolute atomic E-state index is 0.124. The summed E-state index contributed by atoms with van der Waals surface area (Å²) >= 11 is 1.63. The Bertz CT molecular complexity index is 520. The molecule has 1 aromatic rings. The van der Waals surface area contributed by atoms with Crippen molar-refractivity contribution in [3.63, 3.8) is 0 Å². The number of nitrogens with one attached hydrogen (secondary N) is 3. The predicted molar refractivity (Wildman–Crippen MR) is 79.9 cm³/mol. The first kappa shape index (κ1) is 13.9. The third-order valence-corrected chi connectivity index (χ3v) is 4.55. The average molecular weight is 297 g/mol. The Morgan fingerprint density at radius 1 is 1.40 bits per heavy atom. The summed E-state index contributed by atoms with van der Waals surface area (Å²) in [6, 6.07) is -0.449. The van der Waals surface area contributed by atoms with Gasteiger partial charge in [-0.25, -0.2) is 0 Å². The lowest BCUT2D eigenvalue weighted by Gasteiger charge is -2.19. The number of aliphatic imine (C=N–C) groups is 1. The third-order valence-electron chi connectivity index (χ3n) is 3.86. The molecule has 0 unspecified atom stereocenters. The lowest BCUT2D eigenvalue weighted by molar-refractivity contribution is 0.0307. The molecule has 7 nitrogen and oxygen atoms in total. The van der Waals surface area contributed by atoms with Gasteiger partial charge in [-0.3, -0.25) is 4.99 Å². The summed E-state index contributed by atoms with van der Waals surface area (Å²) in [5.41, 5.74) is 8.39. The van der Waals surface area contributed by atoms with Crippen molar-refractivity contribution in [2.24, 2.45) is 10.7 Å². The number of fused-ring (bicyclic) bond motifs is 1. The maximum absolute atomic E-state index is 10.3. The number of nitrogens with two attached hydrogens (primary N) is 1. The van der Waals surface area contributed by atoms with Gasteiger partial charge in [0.1, 0.15) is 12.3 Å². The van der Waals surface area contributed by atoms with Crippen LogP contribution in [0.1, 0.15) is 23.5 Å². The van der Waals surface area contributed by atoms with Gasteiger partial charge in [0.2, 0.25) is 0 Å². The van der Waals surface area contributed by atoms with E-state index >= 15 is 0 Å². The van der Waals surface area contributed by atoms with Gasteiger partial charge in [0, 0.05) is 23.6 Å². The molecule has 0 bridgehead atoms. The highest BCUT2D eigenvalue weighted by Gasteiger charge is 2.43. The fraction of sp³-hybridized carbons (Fsp3) is 0.583. The van der Waals surface area contributed by atoms with Crippen molar-refractivity contribution in [1.29, 1.82) is 0 Å². The monoisotopic (exact) mass is 297 g/mol. The molecule has 5 atom stereocenters. The van der Waals surface area contributed by atoms with Crippen LogP contribution in [0.4, 0.5) is 5.69 Å². The summed E-state index contributed by atoms with van der Waals surface area (Å²) in [6.07, 6.45) is 3.30. The highest BCUT2D eigenvalue weighted by Crippen LogP contribution is 2.37. The van der Waals surface area contributed by atoms with Gasteiger partial charge in [-0.2, -0.15) is 11.8 Å². The smallest absolute Gasteiger partial charge is 0.141 e. The molecule has 3 heterocycles. The van der Waals surface area contributed by atoms with Crippen LogP contribution >= 0.6 is 11.8 Å². The second-order valence-electron chi connectivity index (χ2n) is 5.09. The average Bonchev–Trinajstić information content (AvgIpc) is 2.97. The highest BCUT2D eigenvalue weighted by molar-refractivity contribution is 7.98. The Hall–Kier alpha value is -1.06. The summed E-state index contributed by atoms with van der Waals surface area (Å²) < 4.78 is 0. The molecule has 3 rings (SSSR count). The number of H-pyrrole nitrogens is 1. The fourth-order valence-corrected chi connectivity index (χ4v) is 3.47. The molecule has 0 aromatic carbocycles. The van der Waals surface area contributed by atoms with E-state index < -0.39 is 18.4 Å². The third kappa shape index (κ3) is 2.13. The minimum Gasteiger partial charge on any atom is -0.389 e. The van der Waals surface area contributed by atoms with Crippen LogP contribution in [0, 0.1) is 0 Å². The molecule has 0 amide bonds. The standard InChI is InChI=1S/C12H19N5O2S/c1-20-3-6-10(18)11(19)8(17-6)5-2-14-9-7(5)15-4-16-12(9)13/h2,4,6,8,10-12,14,17-19H,3,13H2,1H3,(H,15,16)/t6-,8-,10+,11-,12+/m1/s1. The Kier molecular flexibility index (Phi) is 3.74. The Morgan fingerprint density at radius 3 is 2.95 bits per heavy atom. The SMILES string of the molecule is CSC[C@H]1N[C@H](c2c[nH]c3c2NC=N[C@@H]3N)[C@@H](O)[C@H]1O. The zero-order chi connectivity index (χ0) is 14.3. The van der Waals surface area contributed by atoms with Crippen LogP contribution in [0.5, 0.6) is 0 Å². The van der Waals surface area contributed by atoms with Crippen LogP contribution in [0.15, 0.2) is 11.2 Å². The predicted octanol–water partition coefficient (Wildman–Crippen LogP) is -0.476. The first-order valence-corrected chi connectivity index (χ1v) is 7.89. The molecule has 2 aliphatic heterocycles. The quantitative estimate of drug-likeness (QED) is 0.449. The van der Waals surface area contributed by atoms with E-state index in [4.69, 9.17) is 5.73 Å². The molecule has 0 spiro atoms. The van der Waals surface area contributed by atoms with Gasteiger partial charge < -0.3 is 31.6 Å². The lowest BCUT2D eigenvalue weighted by atomic mass is 10.0. The van der Waals surface area contributed by atoms with E-state index in [0.717, 1.165) is 22.7 Å². The van der Waals surface area contributed by atoms with Crippen molar-refractivity contribution in [3.05, 3.63) is 17.5 Å². The molecule has 1 aromatic heterocycles. The second kappa shape index (κ2) is 5.38. The number of hydrogen-bond donors (Lipinski definition) is 6. The van der Waals surface area contributed by atoms with Crippen LogP contribution in [-0.2, 0) is 0 Å². The fourth-order valence-electron chi connectivity index (χ4n) is 2.81. The molecule has 1 saturated heterocycles. The zero-order valence-electron chi connectivity index (χ0n) is 11.1. The van der Waals surface area contributed by atoms with E-state index in [-0.39, 0.29) is 12.1 Å². The summed E-state index contributed by atoms with van der Waals surface area (Å²) in [4.78, 5) is 7.16. The molecule has 7 N–H and O–H groups in total. The number of aromatic nitrogens is 1. The number of thioether (sulfide) groups is 1. The second-order valence-corrected chi connectivity index (χ2v) is 6.00. The molecule has 110 valence electrons. The van der Waals surface area contributed by atoms with Gasteiger partial charge in [-0.15, -0.1) is 0 Å². The molecule has 0 radical (unpaired) electrons. The van der Waals surface area contributed by atoms with Gasteiger partial charge >= 0.3 is 0 Å². The summed E-state index contributed by atoms with van der Waals surface area (Å²) in [6.45, 7) is 0. The molecule has 8 heteroatoms. The Balaban J connectivity index is 1.88. The summed E-state index contributed by atoms with van der Waals surface area (Å²) in [5, 5.41) is 26.7. The lowest BCUT2D eigenvalue weighted by Crippen LogP contribution is -2.34. The maximum atomic E-state index is 10.3. The van der Waals surface area contributed by atoms with Crippen molar-refractivity contribution in [1.82, 2.24) is 10.3 Å². The molecule has 2 aliphatic rings. The maximum Gasteiger partial charge on any atom is 0.141 e. The molecular weight excluding hydrogens is 278 g/mol. The number of hydrogen-bond acceptors (Lipinski definition) is 7. The normalized spacial score (nSPS) is 35.9. The first-order chi connectivity index (χ1) is 9.63. The van der Waals surface area contributed by atoms with Crippen LogP contribution in [-0.4, -0.2) is 51.8 Å². The van der Waals surface area contributed by atoms with Crippen molar-refractivity contribution in [2.75, 3.05) is 17.3 Å². The number of aromatic amines is 1. The molecule has 0 saturated carbocycles. The van der Waals surface area contributed by atoms with E-state index in [2.05, 4.69) is 20.6 Å². The topological polar surface area (TPSA) is 119 Å². The summed E-state index contributed by atoms with van der Waals surface area (Å²) in [5.74, 6) is 0.746. The van der Waals surface area contributed by atoms with E-state index in [0.29, 0.717) is 0 Å². The van der Waals surface area contributed by atoms with Gasteiger partial charge in [-0.05, 0) is 6.26 Å². The zero-order valence-corrected chi connectivity index (χ0v) is 11.9.